The van der Waals surface area contributed by atoms with Crippen LogP contribution in [0.25, 0.3) is 0 Å². The number of halogens is 2. The fourth-order valence-corrected chi connectivity index (χ4v) is 4.08. The highest BCUT2D eigenvalue weighted by Crippen LogP contribution is 2.28. The van der Waals surface area contributed by atoms with E-state index in [-0.39, 0.29) is 24.7 Å². The quantitative estimate of drug-likeness (QED) is 0.645. The monoisotopic (exact) mass is 487 g/mol. The van der Waals surface area contributed by atoms with Gasteiger partial charge in [0.2, 0.25) is 5.91 Å². The second kappa shape index (κ2) is 11.3. The minimum atomic E-state index is -1.39. The van der Waals surface area contributed by atoms with Crippen LogP contribution in [0.4, 0.5) is 13.6 Å². The van der Waals surface area contributed by atoms with Crippen molar-refractivity contribution in [3.05, 3.63) is 71.0 Å². The van der Waals surface area contributed by atoms with Gasteiger partial charge in [-0.15, -0.1) is 0 Å². The largest absolute Gasteiger partial charge is 0.439 e. The third kappa shape index (κ3) is 6.35. The smallest absolute Gasteiger partial charge is 0.409 e. The first-order valence-corrected chi connectivity index (χ1v) is 11.5. The van der Waals surface area contributed by atoms with E-state index in [4.69, 9.17) is 4.74 Å². The van der Waals surface area contributed by atoms with Crippen molar-refractivity contribution in [1.29, 1.82) is 0 Å². The Morgan fingerprint density at radius 3 is 2.40 bits per heavy atom. The molecule has 2 aromatic rings. The van der Waals surface area contributed by atoms with E-state index in [1.807, 2.05) is 19.9 Å². The minimum Gasteiger partial charge on any atom is -0.439 e. The summed E-state index contributed by atoms with van der Waals surface area (Å²) in [6.45, 7) is 2.91. The highest BCUT2D eigenvalue weighted by atomic mass is 19.1. The average Bonchev–Trinajstić information content (AvgIpc) is 3.22. The van der Waals surface area contributed by atoms with Crippen molar-refractivity contribution in [2.24, 2.45) is 0 Å². The van der Waals surface area contributed by atoms with Crippen molar-refractivity contribution < 1.29 is 27.9 Å². The van der Waals surface area contributed by atoms with Gasteiger partial charge in [-0.25, -0.2) is 13.6 Å². The molecule has 1 fully saturated rings. The summed E-state index contributed by atoms with van der Waals surface area (Å²) in [5.74, 6) is -1.62. The molecule has 0 aliphatic carbocycles. The molecule has 188 valence electrons. The normalized spacial score (nSPS) is 18.3. The predicted molar refractivity (Wildman–Crippen MR) is 127 cm³/mol. The van der Waals surface area contributed by atoms with E-state index in [0.717, 1.165) is 9.80 Å². The van der Waals surface area contributed by atoms with Crippen LogP contribution >= 0.6 is 0 Å². The Balaban J connectivity index is 1.83. The molecule has 3 amide bonds. The standard InChI is InChI=1S/C26H31F2N3O4/c1-16(2)20-11-10-18(12-21(20)28)24(17-8-6-5-7-9-17)29-25(33)22-13-19(27)14-31(22)23(32)15-35-26(34)30(3)4/h5-12,16,19,22,24H,13-15H2,1-4H3,(H,29,33)/t19?,22-,24-/m0/s1. The molecule has 1 aliphatic rings. The first-order valence-electron chi connectivity index (χ1n) is 11.5. The van der Waals surface area contributed by atoms with Crippen LogP contribution in [0, 0.1) is 5.82 Å². The summed E-state index contributed by atoms with van der Waals surface area (Å²) < 4.78 is 34.0. The second-order valence-electron chi connectivity index (χ2n) is 9.13. The Morgan fingerprint density at radius 2 is 1.80 bits per heavy atom. The third-order valence-electron chi connectivity index (χ3n) is 5.96. The van der Waals surface area contributed by atoms with E-state index < -0.39 is 42.8 Å². The molecule has 1 aliphatic heterocycles. The Kier molecular flexibility index (Phi) is 8.43. The molecule has 2 aromatic carbocycles. The van der Waals surface area contributed by atoms with Crippen LogP contribution in [-0.2, 0) is 14.3 Å². The molecule has 1 saturated heterocycles. The molecule has 0 bridgehead atoms. The molecular weight excluding hydrogens is 456 g/mol. The summed E-state index contributed by atoms with van der Waals surface area (Å²) >= 11 is 0. The van der Waals surface area contributed by atoms with Gasteiger partial charge in [0.1, 0.15) is 18.0 Å². The van der Waals surface area contributed by atoms with Gasteiger partial charge in [-0.1, -0.05) is 56.3 Å². The van der Waals surface area contributed by atoms with E-state index >= 15 is 0 Å². The minimum absolute atomic E-state index is 0.00467. The van der Waals surface area contributed by atoms with Crippen LogP contribution in [0.3, 0.4) is 0 Å². The number of rotatable bonds is 7. The van der Waals surface area contributed by atoms with Gasteiger partial charge in [0.05, 0.1) is 12.6 Å². The first-order chi connectivity index (χ1) is 16.6. The van der Waals surface area contributed by atoms with Crippen molar-refractivity contribution in [1.82, 2.24) is 15.1 Å². The van der Waals surface area contributed by atoms with Crippen molar-refractivity contribution in [3.8, 4) is 0 Å². The van der Waals surface area contributed by atoms with Crippen molar-refractivity contribution in [3.63, 3.8) is 0 Å². The first kappa shape index (κ1) is 26.1. The van der Waals surface area contributed by atoms with Gasteiger partial charge in [-0.2, -0.15) is 0 Å². The number of amides is 3. The molecule has 1 heterocycles. The Hall–Kier alpha value is -3.49. The van der Waals surface area contributed by atoms with Crippen molar-refractivity contribution in [2.45, 2.75) is 44.4 Å². The fourth-order valence-electron chi connectivity index (χ4n) is 4.08. The molecule has 7 nitrogen and oxygen atoms in total. The number of hydrogen-bond donors (Lipinski definition) is 1. The maximum atomic E-state index is 14.8. The molecular formula is C26H31F2N3O4. The predicted octanol–water partition coefficient (Wildman–Crippen LogP) is 3.79. The number of alkyl halides is 1. The highest BCUT2D eigenvalue weighted by Gasteiger charge is 2.40. The van der Waals surface area contributed by atoms with Crippen LogP contribution in [0.5, 0.6) is 0 Å². The third-order valence-corrected chi connectivity index (χ3v) is 5.96. The Morgan fingerprint density at radius 1 is 1.11 bits per heavy atom. The molecule has 0 saturated carbocycles. The number of nitrogens with one attached hydrogen (secondary N) is 1. The average molecular weight is 488 g/mol. The summed E-state index contributed by atoms with van der Waals surface area (Å²) in [6.07, 6.45) is -2.29. The van der Waals surface area contributed by atoms with E-state index in [0.29, 0.717) is 16.7 Å². The van der Waals surface area contributed by atoms with E-state index in [1.54, 1.807) is 36.4 Å². The number of benzene rings is 2. The Bertz CT molecular complexity index is 1060. The van der Waals surface area contributed by atoms with Crippen LogP contribution in [0.15, 0.2) is 48.5 Å². The summed E-state index contributed by atoms with van der Waals surface area (Å²) in [5.41, 5.74) is 1.80. The van der Waals surface area contributed by atoms with E-state index in [9.17, 15) is 23.2 Å². The summed E-state index contributed by atoms with van der Waals surface area (Å²) in [4.78, 5) is 39.8. The molecule has 9 heteroatoms. The van der Waals surface area contributed by atoms with Gasteiger partial charge in [0, 0.05) is 20.5 Å². The molecule has 1 N–H and O–H groups in total. The lowest BCUT2D eigenvalue weighted by Crippen LogP contribution is -2.48. The van der Waals surface area contributed by atoms with Gasteiger partial charge < -0.3 is 19.9 Å². The summed E-state index contributed by atoms with van der Waals surface area (Å²) in [7, 11) is 2.94. The molecule has 1 unspecified atom stereocenters. The number of carbonyl (C=O) groups excluding carboxylic acids is 3. The highest BCUT2D eigenvalue weighted by molar-refractivity contribution is 5.90. The second-order valence-corrected chi connectivity index (χ2v) is 9.13. The summed E-state index contributed by atoms with van der Waals surface area (Å²) in [6, 6.07) is 12.1. The van der Waals surface area contributed by atoms with E-state index in [2.05, 4.69) is 5.32 Å². The van der Waals surface area contributed by atoms with Crippen LogP contribution in [-0.4, -0.2) is 67.2 Å². The topological polar surface area (TPSA) is 79.0 Å². The molecule has 3 atom stereocenters. The Labute approximate surface area is 204 Å². The van der Waals surface area contributed by atoms with Crippen molar-refractivity contribution in [2.75, 3.05) is 27.2 Å². The lowest BCUT2D eigenvalue weighted by molar-refractivity contribution is -0.141. The van der Waals surface area contributed by atoms with Crippen molar-refractivity contribution >= 4 is 17.9 Å². The number of ether oxygens (including phenoxy) is 1. The van der Waals surface area contributed by atoms with Crippen LogP contribution in [0.2, 0.25) is 0 Å². The van der Waals surface area contributed by atoms with Gasteiger partial charge in [-0.05, 0) is 28.7 Å². The number of hydrogen-bond acceptors (Lipinski definition) is 4. The zero-order valence-corrected chi connectivity index (χ0v) is 20.3. The molecule has 35 heavy (non-hydrogen) atoms. The molecule has 0 aromatic heterocycles. The zero-order valence-electron chi connectivity index (χ0n) is 20.3. The number of carbonyl (C=O) groups is 3. The molecule has 0 radical (unpaired) electrons. The molecule has 0 spiro atoms. The van der Waals surface area contributed by atoms with E-state index in [1.165, 1.54) is 20.2 Å². The fraction of sp³-hybridized carbons (Fsp3) is 0.423. The zero-order chi connectivity index (χ0) is 25.7. The maximum absolute atomic E-state index is 14.8. The van der Waals surface area contributed by atoms with Gasteiger partial charge in [-0.3, -0.25) is 9.59 Å². The maximum Gasteiger partial charge on any atom is 0.409 e. The van der Waals surface area contributed by atoms with Crippen LogP contribution in [0.1, 0.15) is 48.9 Å². The SMILES string of the molecule is CC(C)c1ccc([C@@H](NC(=O)[C@@H]2CC(F)CN2C(=O)COC(=O)N(C)C)c2ccccc2)cc1F. The lowest BCUT2D eigenvalue weighted by atomic mass is 9.94. The number of likely N-dealkylation sites (tertiary alicyclic amines) is 1. The summed E-state index contributed by atoms with van der Waals surface area (Å²) in [5, 5.41) is 2.87. The van der Waals surface area contributed by atoms with Crippen LogP contribution < -0.4 is 5.32 Å². The lowest BCUT2D eigenvalue weighted by Gasteiger charge is -2.27. The molecule has 3 rings (SSSR count). The van der Waals surface area contributed by atoms with Gasteiger partial charge in [0.25, 0.3) is 5.91 Å². The van der Waals surface area contributed by atoms with Gasteiger partial charge in [0.15, 0.2) is 6.61 Å². The van der Waals surface area contributed by atoms with Gasteiger partial charge >= 0.3 is 6.09 Å². The number of nitrogens with zero attached hydrogens (tertiary/aromatic N) is 2.